The van der Waals surface area contributed by atoms with E-state index in [1.807, 2.05) is 31.6 Å². The summed E-state index contributed by atoms with van der Waals surface area (Å²) in [7, 11) is 6.04. The Hall–Kier alpha value is -2.73. The fourth-order valence-electron chi connectivity index (χ4n) is 4.11. The molecule has 0 saturated carbocycles. The van der Waals surface area contributed by atoms with E-state index in [1.54, 1.807) is 0 Å². The van der Waals surface area contributed by atoms with Crippen LogP contribution in [0, 0.1) is 20.8 Å². The zero-order valence-corrected chi connectivity index (χ0v) is 19.0. The number of amides is 1. The Bertz CT molecular complexity index is 1020. The van der Waals surface area contributed by atoms with E-state index < -0.39 is 0 Å². The molecule has 1 unspecified atom stereocenters. The van der Waals surface area contributed by atoms with Crippen molar-refractivity contribution in [3.05, 3.63) is 58.4 Å². The van der Waals surface area contributed by atoms with E-state index in [4.69, 9.17) is 4.98 Å². The average Bonchev–Trinajstić information content (AvgIpc) is 2.98. The van der Waals surface area contributed by atoms with Crippen LogP contribution in [0.15, 0.2) is 30.3 Å². The molecule has 0 aliphatic heterocycles. The molecule has 160 valence electrons. The molecule has 0 saturated heterocycles. The number of carbonyl (C=O) groups is 1. The predicted octanol–water partition coefficient (Wildman–Crippen LogP) is 3.12. The molecule has 0 spiro atoms. The number of aromatic nitrogens is 3. The Morgan fingerprint density at radius 2 is 1.83 bits per heavy atom. The number of hydrogen-bond acceptors (Lipinski definition) is 4. The zero-order valence-electron chi connectivity index (χ0n) is 19.0. The van der Waals surface area contributed by atoms with Crippen molar-refractivity contribution in [1.82, 2.24) is 25.0 Å². The minimum absolute atomic E-state index is 0.0803. The molecule has 0 aliphatic carbocycles. The highest BCUT2D eigenvalue weighted by molar-refractivity contribution is 5.84. The van der Waals surface area contributed by atoms with E-state index in [9.17, 15) is 4.79 Å². The van der Waals surface area contributed by atoms with Gasteiger partial charge in [-0.15, -0.1) is 0 Å². The van der Waals surface area contributed by atoms with Crippen LogP contribution in [-0.2, 0) is 24.7 Å². The number of likely N-dealkylation sites (N-methyl/N-ethyl adjacent to an activating group) is 1. The maximum absolute atomic E-state index is 12.6. The van der Waals surface area contributed by atoms with Crippen LogP contribution in [0.25, 0.3) is 11.0 Å². The lowest BCUT2D eigenvalue weighted by Gasteiger charge is -2.25. The summed E-state index contributed by atoms with van der Waals surface area (Å²) in [5.74, 6) is 0.0803. The highest BCUT2D eigenvalue weighted by Gasteiger charge is 2.17. The number of carbonyl (C=O) groups excluding carboxylic acids is 1. The van der Waals surface area contributed by atoms with E-state index in [-0.39, 0.29) is 11.9 Å². The predicted molar refractivity (Wildman–Crippen MR) is 122 cm³/mol. The maximum atomic E-state index is 12.6. The van der Waals surface area contributed by atoms with Gasteiger partial charge in [-0.1, -0.05) is 30.3 Å². The molecule has 1 atom stereocenters. The third-order valence-electron chi connectivity index (χ3n) is 5.91. The number of rotatable bonds is 8. The zero-order chi connectivity index (χ0) is 21.8. The van der Waals surface area contributed by atoms with Crippen LogP contribution >= 0.6 is 0 Å². The molecule has 2 heterocycles. The van der Waals surface area contributed by atoms with Crippen molar-refractivity contribution in [2.45, 2.75) is 46.1 Å². The van der Waals surface area contributed by atoms with Crippen LogP contribution < -0.4 is 5.32 Å². The number of nitrogens with one attached hydrogen (secondary N) is 1. The maximum Gasteiger partial charge on any atom is 0.220 e. The summed E-state index contributed by atoms with van der Waals surface area (Å²) in [6, 6.07) is 10.7. The summed E-state index contributed by atoms with van der Waals surface area (Å²) >= 11 is 0. The van der Waals surface area contributed by atoms with Gasteiger partial charge in [-0.3, -0.25) is 9.48 Å². The second kappa shape index (κ2) is 9.39. The smallest absolute Gasteiger partial charge is 0.220 e. The SMILES string of the molecule is Cc1nc2c(c(C)nn2C)c(C)c1CCC(=O)NCC(Cc1ccccc1)N(C)C. The normalized spacial score (nSPS) is 12.5. The minimum atomic E-state index is 0.0803. The van der Waals surface area contributed by atoms with Crippen molar-refractivity contribution in [3.63, 3.8) is 0 Å². The molecule has 1 N–H and O–H groups in total. The Balaban J connectivity index is 1.62. The molecule has 6 nitrogen and oxygen atoms in total. The summed E-state index contributed by atoms with van der Waals surface area (Å²) in [5.41, 5.74) is 6.49. The summed E-state index contributed by atoms with van der Waals surface area (Å²) in [6.07, 6.45) is 2.05. The van der Waals surface area contributed by atoms with Gasteiger partial charge in [0.1, 0.15) is 0 Å². The van der Waals surface area contributed by atoms with Crippen molar-refractivity contribution >= 4 is 16.9 Å². The second-order valence-corrected chi connectivity index (χ2v) is 8.32. The van der Waals surface area contributed by atoms with Crippen molar-refractivity contribution in [2.24, 2.45) is 7.05 Å². The van der Waals surface area contributed by atoms with E-state index in [0.717, 1.165) is 34.4 Å². The lowest BCUT2D eigenvalue weighted by Crippen LogP contribution is -2.41. The van der Waals surface area contributed by atoms with Gasteiger partial charge in [-0.25, -0.2) is 4.98 Å². The molecular weight excluding hydrogens is 374 g/mol. The molecule has 3 rings (SSSR count). The minimum Gasteiger partial charge on any atom is -0.355 e. The number of pyridine rings is 1. The van der Waals surface area contributed by atoms with Gasteiger partial charge in [0.25, 0.3) is 0 Å². The van der Waals surface area contributed by atoms with Crippen LogP contribution in [0.5, 0.6) is 0 Å². The first-order chi connectivity index (χ1) is 14.3. The quantitative estimate of drug-likeness (QED) is 0.623. The summed E-state index contributed by atoms with van der Waals surface area (Å²) in [6.45, 7) is 6.78. The molecule has 30 heavy (non-hydrogen) atoms. The fraction of sp³-hybridized carbons (Fsp3) is 0.458. The van der Waals surface area contributed by atoms with Crippen LogP contribution in [0.4, 0.5) is 0 Å². The van der Waals surface area contributed by atoms with Crippen LogP contribution in [0.1, 0.15) is 34.5 Å². The van der Waals surface area contributed by atoms with Gasteiger partial charge in [-0.2, -0.15) is 5.10 Å². The van der Waals surface area contributed by atoms with Crippen molar-refractivity contribution in [1.29, 1.82) is 0 Å². The van der Waals surface area contributed by atoms with E-state index in [1.165, 1.54) is 11.1 Å². The Morgan fingerprint density at radius 1 is 1.13 bits per heavy atom. The topological polar surface area (TPSA) is 63.1 Å². The number of fused-ring (bicyclic) bond motifs is 1. The Morgan fingerprint density at radius 3 is 2.50 bits per heavy atom. The highest BCUT2D eigenvalue weighted by Crippen LogP contribution is 2.25. The Labute approximate surface area is 179 Å². The number of hydrogen-bond donors (Lipinski definition) is 1. The molecular formula is C24H33N5O. The molecule has 0 fully saturated rings. The fourth-order valence-corrected chi connectivity index (χ4v) is 4.11. The van der Waals surface area contributed by atoms with E-state index in [2.05, 4.69) is 60.6 Å². The molecule has 0 aliphatic rings. The molecule has 0 bridgehead atoms. The standard InChI is InChI=1S/C24H33N5O/c1-16-21(17(2)26-24-23(16)18(3)27-29(24)6)12-13-22(30)25-15-20(28(4)5)14-19-10-8-7-9-11-19/h7-11,20H,12-15H2,1-6H3,(H,25,30). The van der Waals surface area contributed by atoms with Gasteiger partial charge < -0.3 is 10.2 Å². The molecule has 3 aromatic rings. The first-order valence-corrected chi connectivity index (χ1v) is 10.5. The number of benzene rings is 1. The molecule has 1 aromatic carbocycles. The first kappa shape index (κ1) is 22.0. The van der Waals surface area contributed by atoms with Gasteiger partial charge >= 0.3 is 0 Å². The van der Waals surface area contributed by atoms with Crippen molar-refractivity contribution < 1.29 is 4.79 Å². The van der Waals surface area contributed by atoms with Crippen molar-refractivity contribution in [3.8, 4) is 0 Å². The summed E-state index contributed by atoms with van der Waals surface area (Å²) in [4.78, 5) is 19.5. The van der Waals surface area contributed by atoms with Gasteiger partial charge in [0.2, 0.25) is 5.91 Å². The molecule has 2 aromatic heterocycles. The average molecular weight is 408 g/mol. The monoisotopic (exact) mass is 407 g/mol. The highest BCUT2D eigenvalue weighted by atomic mass is 16.1. The molecule has 1 amide bonds. The van der Waals surface area contributed by atoms with Crippen LogP contribution in [-0.4, -0.2) is 52.3 Å². The first-order valence-electron chi connectivity index (χ1n) is 10.5. The van der Waals surface area contributed by atoms with Gasteiger partial charge in [0, 0.05) is 37.1 Å². The lowest BCUT2D eigenvalue weighted by atomic mass is 9.99. The Kier molecular flexibility index (Phi) is 6.87. The van der Waals surface area contributed by atoms with Crippen LogP contribution in [0.2, 0.25) is 0 Å². The number of aryl methyl sites for hydroxylation is 4. The van der Waals surface area contributed by atoms with Gasteiger partial charge in [0.15, 0.2) is 5.65 Å². The molecule has 6 heteroatoms. The largest absolute Gasteiger partial charge is 0.355 e. The second-order valence-electron chi connectivity index (χ2n) is 8.32. The third-order valence-corrected chi connectivity index (χ3v) is 5.91. The summed E-state index contributed by atoms with van der Waals surface area (Å²) in [5, 5.41) is 8.73. The lowest BCUT2D eigenvalue weighted by molar-refractivity contribution is -0.121. The number of nitrogens with zero attached hydrogens (tertiary/aromatic N) is 4. The van der Waals surface area contributed by atoms with E-state index in [0.29, 0.717) is 19.4 Å². The van der Waals surface area contributed by atoms with Gasteiger partial charge in [0.05, 0.1) is 5.69 Å². The van der Waals surface area contributed by atoms with E-state index >= 15 is 0 Å². The third kappa shape index (κ3) is 4.87. The molecule has 0 radical (unpaired) electrons. The van der Waals surface area contributed by atoms with Crippen LogP contribution in [0.3, 0.4) is 0 Å². The summed E-state index contributed by atoms with van der Waals surface area (Å²) < 4.78 is 1.83. The van der Waals surface area contributed by atoms with Crippen molar-refractivity contribution in [2.75, 3.05) is 20.6 Å². The van der Waals surface area contributed by atoms with Gasteiger partial charge in [-0.05, 0) is 64.4 Å².